The van der Waals surface area contributed by atoms with Crippen LogP contribution >= 0.6 is 11.3 Å². The van der Waals surface area contributed by atoms with Gasteiger partial charge in [0, 0.05) is 16.6 Å². The number of aromatic nitrogens is 2. The maximum atomic E-state index is 14.4. The van der Waals surface area contributed by atoms with Gasteiger partial charge in [0.25, 0.3) is 5.56 Å². The molecule has 0 radical (unpaired) electrons. The van der Waals surface area contributed by atoms with Crippen molar-refractivity contribution < 1.29 is 4.39 Å². The van der Waals surface area contributed by atoms with Gasteiger partial charge < -0.3 is 0 Å². The van der Waals surface area contributed by atoms with Crippen molar-refractivity contribution >= 4 is 31.6 Å². The van der Waals surface area contributed by atoms with Crippen LogP contribution in [0.1, 0.15) is 19.8 Å². The van der Waals surface area contributed by atoms with E-state index in [0.717, 1.165) is 17.5 Å². The molecule has 0 saturated carbocycles. The highest BCUT2D eigenvalue weighted by Crippen LogP contribution is 2.26. The van der Waals surface area contributed by atoms with Gasteiger partial charge in [0.05, 0.1) is 5.56 Å². The molecule has 0 unspecified atom stereocenters. The Bertz CT molecular complexity index is 1280. The fraction of sp³-hybridized carbons (Fsp3) is 0.190. The number of fused-ring (bicyclic) bond motifs is 2. The number of hydrogen-bond acceptors (Lipinski definition) is 4. The highest BCUT2D eigenvalue weighted by molar-refractivity contribution is 7.24. The van der Waals surface area contributed by atoms with Gasteiger partial charge in [0.15, 0.2) is 0 Å². The van der Waals surface area contributed by atoms with Crippen molar-refractivity contribution in [3.63, 3.8) is 0 Å². The lowest BCUT2D eigenvalue weighted by Crippen LogP contribution is -2.27. The van der Waals surface area contributed by atoms with Crippen molar-refractivity contribution in [3.05, 3.63) is 74.9 Å². The Morgan fingerprint density at radius 3 is 2.59 bits per heavy atom. The van der Waals surface area contributed by atoms with Crippen molar-refractivity contribution in [3.8, 4) is 11.4 Å². The Hall–Kier alpha value is -2.86. The van der Waals surface area contributed by atoms with E-state index in [0.29, 0.717) is 16.8 Å². The molecule has 27 heavy (non-hydrogen) atoms. The van der Waals surface area contributed by atoms with Gasteiger partial charge in [-0.2, -0.15) is 0 Å². The van der Waals surface area contributed by atoms with Gasteiger partial charge in [-0.25, -0.2) is 9.37 Å². The van der Waals surface area contributed by atoms with E-state index < -0.39 is 11.4 Å². The fourth-order valence-electron chi connectivity index (χ4n) is 3.16. The van der Waals surface area contributed by atoms with Gasteiger partial charge >= 0.3 is 0 Å². The van der Waals surface area contributed by atoms with E-state index in [2.05, 4.69) is 4.98 Å². The molecule has 0 aliphatic heterocycles. The summed E-state index contributed by atoms with van der Waals surface area (Å²) >= 11 is 1.28. The van der Waals surface area contributed by atoms with Gasteiger partial charge in [0.2, 0.25) is 5.43 Å². The molecule has 4 nitrogen and oxygen atoms in total. The third kappa shape index (κ3) is 2.96. The van der Waals surface area contributed by atoms with E-state index in [4.69, 9.17) is 0 Å². The van der Waals surface area contributed by atoms with Crippen molar-refractivity contribution in [2.75, 3.05) is 0 Å². The molecule has 2 aromatic carbocycles. The zero-order chi connectivity index (χ0) is 19.0. The summed E-state index contributed by atoms with van der Waals surface area (Å²) in [7, 11) is 0. The first-order valence-electron chi connectivity index (χ1n) is 8.83. The predicted octanol–water partition coefficient (Wildman–Crippen LogP) is 4.58. The highest BCUT2D eigenvalue weighted by atomic mass is 32.1. The zero-order valence-corrected chi connectivity index (χ0v) is 15.6. The monoisotopic (exact) mass is 380 g/mol. The van der Waals surface area contributed by atoms with Gasteiger partial charge in [-0.15, -0.1) is 11.3 Å². The fourth-order valence-corrected chi connectivity index (χ4v) is 4.20. The average Bonchev–Trinajstić information content (AvgIpc) is 2.67. The van der Waals surface area contributed by atoms with Gasteiger partial charge in [-0.3, -0.25) is 14.2 Å². The van der Waals surface area contributed by atoms with Crippen LogP contribution < -0.4 is 11.0 Å². The maximum absolute atomic E-state index is 14.4. The van der Waals surface area contributed by atoms with Gasteiger partial charge in [0.1, 0.15) is 21.9 Å². The summed E-state index contributed by atoms with van der Waals surface area (Å²) in [5, 5.41) is 0.587. The molecular formula is C21H17FN2O2S. The number of unbranched alkanes of at least 4 members (excludes halogenated alkanes) is 1. The summed E-state index contributed by atoms with van der Waals surface area (Å²) in [4.78, 5) is 31.1. The third-order valence-corrected chi connectivity index (χ3v) is 5.62. The summed E-state index contributed by atoms with van der Waals surface area (Å²) in [6.45, 7) is 2.40. The first kappa shape index (κ1) is 17.5. The third-order valence-electron chi connectivity index (χ3n) is 4.55. The zero-order valence-electron chi connectivity index (χ0n) is 14.7. The molecule has 2 aromatic heterocycles. The molecule has 6 heteroatoms. The van der Waals surface area contributed by atoms with Crippen molar-refractivity contribution in [1.29, 1.82) is 0 Å². The van der Waals surface area contributed by atoms with Crippen LogP contribution in [0.4, 0.5) is 4.39 Å². The first-order chi connectivity index (χ1) is 13.1. The molecule has 0 spiro atoms. The van der Waals surface area contributed by atoms with Crippen LogP contribution in [0.5, 0.6) is 0 Å². The number of hydrogen-bond donors (Lipinski definition) is 0. The molecule has 0 fully saturated rings. The van der Waals surface area contributed by atoms with Crippen LogP contribution in [-0.4, -0.2) is 9.55 Å². The Morgan fingerprint density at radius 1 is 1.07 bits per heavy atom. The van der Waals surface area contributed by atoms with Crippen LogP contribution in [0.2, 0.25) is 0 Å². The molecule has 0 aliphatic rings. The Morgan fingerprint density at radius 2 is 1.81 bits per heavy atom. The number of benzene rings is 2. The molecule has 0 amide bonds. The number of halogens is 1. The smallest absolute Gasteiger partial charge is 0.266 e. The molecule has 4 aromatic rings. The van der Waals surface area contributed by atoms with Crippen LogP contribution in [0.15, 0.2) is 58.1 Å². The minimum Gasteiger partial charge on any atom is -0.292 e. The molecule has 0 saturated heterocycles. The lowest BCUT2D eigenvalue weighted by molar-refractivity contribution is 0.602. The largest absolute Gasteiger partial charge is 0.292 e. The van der Waals surface area contributed by atoms with Crippen LogP contribution in [0, 0.1) is 5.82 Å². The second kappa shape index (κ2) is 7.04. The Labute approximate surface area is 158 Å². The van der Waals surface area contributed by atoms with Crippen molar-refractivity contribution in [2.45, 2.75) is 26.3 Å². The van der Waals surface area contributed by atoms with Crippen molar-refractivity contribution in [2.24, 2.45) is 0 Å². The van der Waals surface area contributed by atoms with Crippen LogP contribution in [-0.2, 0) is 6.54 Å². The molecule has 0 N–H and O–H groups in total. The summed E-state index contributed by atoms with van der Waals surface area (Å²) in [5.41, 5.74) is -0.457. The average molecular weight is 380 g/mol. The molecule has 0 aliphatic carbocycles. The van der Waals surface area contributed by atoms with E-state index in [-0.39, 0.29) is 22.2 Å². The van der Waals surface area contributed by atoms with Crippen LogP contribution in [0.3, 0.4) is 0 Å². The normalized spacial score (nSPS) is 11.3. The SMILES string of the molecule is CCCCn1c(-c2ccccc2F)nc2sc3ccccc3c(=O)c2c1=O. The Kier molecular flexibility index (Phi) is 4.58. The highest BCUT2D eigenvalue weighted by Gasteiger charge is 2.19. The molecule has 4 rings (SSSR count). The maximum Gasteiger partial charge on any atom is 0.266 e. The molecule has 136 valence electrons. The molecule has 0 bridgehead atoms. The topological polar surface area (TPSA) is 52.0 Å². The minimum atomic E-state index is -0.442. The van der Waals surface area contributed by atoms with Gasteiger partial charge in [-0.05, 0) is 30.7 Å². The Balaban J connectivity index is 2.14. The standard InChI is InChI=1S/C21H17FN2O2S/c1-2-3-12-24-19(13-8-4-6-10-15(13)22)23-20-17(21(24)26)18(25)14-9-5-7-11-16(14)27-20/h4-11H,2-3,12H2,1H3. The van der Waals surface area contributed by atoms with E-state index in [1.54, 1.807) is 30.3 Å². The lowest BCUT2D eigenvalue weighted by atomic mass is 10.1. The first-order valence-corrected chi connectivity index (χ1v) is 9.64. The summed E-state index contributed by atoms with van der Waals surface area (Å²) in [6, 6.07) is 13.4. The second-order valence-electron chi connectivity index (χ2n) is 6.33. The minimum absolute atomic E-state index is 0.0786. The summed E-state index contributed by atoms with van der Waals surface area (Å²) < 4.78 is 16.6. The number of nitrogens with zero attached hydrogens (tertiary/aromatic N) is 2. The number of rotatable bonds is 4. The van der Waals surface area contributed by atoms with E-state index in [1.165, 1.54) is 22.0 Å². The van der Waals surface area contributed by atoms with E-state index >= 15 is 0 Å². The lowest BCUT2D eigenvalue weighted by Gasteiger charge is -2.13. The molecular weight excluding hydrogens is 363 g/mol. The summed E-state index contributed by atoms with van der Waals surface area (Å²) in [5.74, 6) is -0.174. The van der Waals surface area contributed by atoms with Crippen molar-refractivity contribution in [1.82, 2.24) is 9.55 Å². The van der Waals surface area contributed by atoms with Gasteiger partial charge in [-0.1, -0.05) is 37.6 Å². The van der Waals surface area contributed by atoms with E-state index in [9.17, 15) is 14.0 Å². The summed E-state index contributed by atoms with van der Waals surface area (Å²) in [6.07, 6.45) is 1.60. The predicted molar refractivity (Wildman–Crippen MR) is 108 cm³/mol. The second-order valence-corrected chi connectivity index (χ2v) is 7.36. The quantitative estimate of drug-likeness (QED) is 0.487. The molecule has 2 heterocycles. The van der Waals surface area contributed by atoms with Crippen LogP contribution in [0.25, 0.3) is 31.7 Å². The van der Waals surface area contributed by atoms with E-state index in [1.807, 2.05) is 19.1 Å². The molecule has 0 atom stereocenters.